The van der Waals surface area contributed by atoms with Crippen LogP contribution in [0.1, 0.15) is 30.4 Å². The number of nitrogens with zero attached hydrogens (tertiary/aromatic N) is 2. The second-order valence-electron chi connectivity index (χ2n) is 7.44. The number of aliphatic imine (C=N–C) groups is 1. The Balaban J connectivity index is 1.52. The Labute approximate surface area is 173 Å². The van der Waals surface area contributed by atoms with Crippen molar-refractivity contribution in [2.75, 3.05) is 5.32 Å². The maximum Gasteiger partial charge on any atom is 0.242 e. The molecule has 7 heteroatoms. The number of aryl methyl sites for hydroxylation is 2. The monoisotopic (exact) mass is 411 g/mol. The van der Waals surface area contributed by atoms with Gasteiger partial charge in [0.1, 0.15) is 11.1 Å². The Kier molecular flexibility index (Phi) is 5.41. The number of anilines is 1. The number of para-hydroxylation sites is 1. The first-order valence-electron chi connectivity index (χ1n) is 9.62. The van der Waals surface area contributed by atoms with Crippen molar-refractivity contribution in [1.82, 2.24) is 4.90 Å². The Morgan fingerprint density at radius 2 is 1.83 bits per heavy atom. The van der Waals surface area contributed by atoms with Gasteiger partial charge in [0.2, 0.25) is 11.8 Å². The summed E-state index contributed by atoms with van der Waals surface area (Å²) in [6.45, 7) is 4.01. The first-order chi connectivity index (χ1) is 13.9. The van der Waals surface area contributed by atoms with E-state index >= 15 is 0 Å². The molecule has 0 aromatic heterocycles. The van der Waals surface area contributed by atoms with Gasteiger partial charge < -0.3 is 5.32 Å². The average Bonchev–Trinajstić information content (AvgIpc) is 3.46. The Bertz CT molecular complexity index is 966. The Morgan fingerprint density at radius 3 is 2.45 bits per heavy atom. The number of amides is 2. The fourth-order valence-electron chi connectivity index (χ4n) is 3.35. The summed E-state index contributed by atoms with van der Waals surface area (Å²) in [6.07, 6.45) is 1.98. The molecule has 2 aliphatic rings. The van der Waals surface area contributed by atoms with Gasteiger partial charge in [-0.3, -0.25) is 14.5 Å². The first kappa shape index (κ1) is 19.6. The van der Waals surface area contributed by atoms with E-state index in [1.807, 2.05) is 32.0 Å². The molecule has 1 aliphatic heterocycles. The highest BCUT2D eigenvalue weighted by Crippen LogP contribution is 2.40. The van der Waals surface area contributed by atoms with Crippen LogP contribution in [0.25, 0.3) is 0 Å². The SMILES string of the molecule is Cc1cccc(C)c1N=C1S[C@@H](CC(=O)Nc2ccc(F)cc2)C(=O)N1C1CC1. The van der Waals surface area contributed by atoms with Crippen LogP contribution in [0.4, 0.5) is 15.8 Å². The summed E-state index contributed by atoms with van der Waals surface area (Å²) < 4.78 is 13.0. The Morgan fingerprint density at radius 1 is 1.17 bits per heavy atom. The minimum absolute atomic E-state index is 0.0515. The van der Waals surface area contributed by atoms with Crippen LogP contribution in [-0.4, -0.2) is 33.2 Å². The lowest BCUT2D eigenvalue weighted by atomic mass is 10.1. The highest BCUT2D eigenvalue weighted by Gasteiger charge is 2.46. The van der Waals surface area contributed by atoms with Crippen LogP contribution in [0.2, 0.25) is 0 Å². The lowest BCUT2D eigenvalue weighted by Crippen LogP contribution is -2.35. The van der Waals surface area contributed by atoms with Crippen molar-refractivity contribution in [2.45, 2.75) is 44.4 Å². The molecule has 1 saturated carbocycles. The number of hydrogen-bond donors (Lipinski definition) is 1. The van der Waals surface area contributed by atoms with Gasteiger partial charge in [0.25, 0.3) is 0 Å². The third-order valence-corrected chi connectivity index (χ3v) is 6.18. The molecule has 2 fully saturated rings. The third kappa shape index (κ3) is 4.34. The molecule has 2 aromatic rings. The molecule has 4 rings (SSSR count). The van der Waals surface area contributed by atoms with Crippen molar-refractivity contribution < 1.29 is 14.0 Å². The van der Waals surface area contributed by atoms with Crippen LogP contribution in [0, 0.1) is 19.7 Å². The van der Waals surface area contributed by atoms with Gasteiger partial charge in [0, 0.05) is 18.2 Å². The third-order valence-electron chi connectivity index (χ3n) is 5.02. The van der Waals surface area contributed by atoms with E-state index in [4.69, 9.17) is 4.99 Å². The highest BCUT2D eigenvalue weighted by molar-refractivity contribution is 8.15. The molecule has 1 aliphatic carbocycles. The van der Waals surface area contributed by atoms with Gasteiger partial charge in [-0.2, -0.15) is 0 Å². The van der Waals surface area contributed by atoms with E-state index in [9.17, 15) is 14.0 Å². The van der Waals surface area contributed by atoms with E-state index in [-0.39, 0.29) is 30.1 Å². The molecule has 2 amide bonds. The molecule has 0 unspecified atom stereocenters. The number of halogens is 1. The van der Waals surface area contributed by atoms with Gasteiger partial charge in [-0.15, -0.1) is 0 Å². The maximum absolute atomic E-state index is 13.0. The van der Waals surface area contributed by atoms with Crippen molar-refractivity contribution in [1.29, 1.82) is 0 Å². The predicted molar refractivity (Wildman–Crippen MR) is 114 cm³/mol. The normalized spacial score (nSPS) is 20.4. The molecule has 0 spiro atoms. The van der Waals surface area contributed by atoms with Crippen molar-refractivity contribution in [3.63, 3.8) is 0 Å². The summed E-state index contributed by atoms with van der Waals surface area (Å²) in [7, 11) is 0. The van der Waals surface area contributed by atoms with Gasteiger partial charge in [0.05, 0.1) is 5.69 Å². The fourth-order valence-corrected chi connectivity index (χ4v) is 4.55. The second kappa shape index (κ2) is 7.99. The molecule has 2 aromatic carbocycles. The predicted octanol–water partition coefficient (Wildman–Crippen LogP) is 4.57. The van der Waals surface area contributed by atoms with E-state index in [1.54, 1.807) is 4.90 Å². The molecule has 0 radical (unpaired) electrons. The van der Waals surface area contributed by atoms with Crippen molar-refractivity contribution >= 4 is 40.1 Å². The maximum atomic E-state index is 13.0. The van der Waals surface area contributed by atoms with Crippen LogP contribution >= 0.6 is 11.8 Å². The van der Waals surface area contributed by atoms with Crippen LogP contribution in [0.5, 0.6) is 0 Å². The molecule has 0 bridgehead atoms. The zero-order valence-corrected chi connectivity index (χ0v) is 17.1. The molecule has 1 saturated heterocycles. The van der Waals surface area contributed by atoms with Gasteiger partial charge in [-0.1, -0.05) is 30.0 Å². The topological polar surface area (TPSA) is 61.8 Å². The number of benzene rings is 2. The fraction of sp³-hybridized carbons (Fsp3) is 0.318. The molecular formula is C22H22FN3O2S. The van der Waals surface area contributed by atoms with Gasteiger partial charge >= 0.3 is 0 Å². The summed E-state index contributed by atoms with van der Waals surface area (Å²) in [5.74, 6) is -0.694. The van der Waals surface area contributed by atoms with Gasteiger partial charge in [-0.25, -0.2) is 9.38 Å². The number of amidine groups is 1. The second-order valence-corrected chi connectivity index (χ2v) is 8.61. The number of hydrogen-bond acceptors (Lipinski definition) is 4. The van der Waals surface area contributed by atoms with Crippen molar-refractivity contribution in [3.05, 3.63) is 59.4 Å². The summed E-state index contributed by atoms with van der Waals surface area (Å²) in [4.78, 5) is 32.0. The highest BCUT2D eigenvalue weighted by atomic mass is 32.2. The zero-order chi connectivity index (χ0) is 20.5. The Hall–Kier alpha value is -2.67. The van der Waals surface area contributed by atoms with Crippen LogP contribution in [-0.2, 0) is 9.59 Å². The lowest BCUT2D eigenvalue weighted by molar-refractivity contribution is -0.128. The summed E-state index contributed by atoms with van der Waals surface area (Å²) in [5, 5.41) is 2.90. The van der Waals surface area contributed by atoms with E-state index < -0.39 is 5.25 Å². The lowest BCUT2D eigenvalue weighted by Gasteiger charge is -2.16. The molecule has 1 heterocycles. The van der Waals surface area contributed by atoms with Crippen LogP contribution in [0.15, 0.2) is 47.5 Å². The number of nitrogens with one attached hydrogen (secondary N) is 1. The zero-order valence-electron chi connectivity index (χ0n) is 16.3. The van der Waals surface area contributed by atoms with Gasteiger partial charge in [-0.05, 0) is 62.1 Å². The van der Waals surface area contributed by atoms with E-state index in [1.165, 1.54) is 36.0 Å². The van der Waals surface area contributed by atoms with Gasteiger partial charge in [0.15, 0.2) is 5.17 Å². The molecule has 1 N–H and O–H groups in total. The number of carbonyl (C=O) groups is 2. The van der Waals surface area contributed by atoms with E-state index in [0.717, 1.165) is 29.7 Å². The molecule has 29 heavy (non-hydrogen) atoms. The quantitative estimate of drug-likeness (QED) is 0.784. The smallest absolute Gasteiger partial charge is 0.242 e. The summed E-state index contributed by atoms with van der Waals surface area (Å²) in [5.41, 5.74) is 3.50. The standard InChI is InChI=1S/C22H22FN3O2S/c1-13-4-3-5-14(2)20(13)25-22-26(17-10-11-17)21(28)18(29-22)12-19(27)24-16-8-6-15(23)7-9-16/h3-9,17-18H,10-12H2,1-2H3,(H,24,27)/t18-/m0/s1. The molecule has 1 atom stereocenters. The van der Waals surface area contributed by atoms with Crippen molar-refractivity contribution in [2.24, 2.45) is 4.99 Å². The summed E-state index contributed by atoms with van der Waals surface area (Å²) in [6, 6.07) is 11.8. The molecule has 5 nitrogen and oxygen atoms in total. The number of carbonyl (C=O) groups excluding carboxylic acids is 2. The van der Waals surface area contributed by atoms with Crippen LogP contribution < -0.4 is 5.32 Å². The number of rotatable bonds is 5. The van der Waals surface area contributed by atoms with Crippen LogP contribution in [0.3, 0.4) is 0 Å². The minimum Gasteiger partial charge on any atom is -0.326 e. The largest absolute Gasteiger partial charge is 0.326 e. The van der Waals surface area contributed by atoms with E-state index in [2.05, 4.69) is 5.32 Å². The number of thioether (sulfide) groups is 1. The van der Waals surface area contributed by atoms with E-state index in [0.29, 0.717) is 10.9 Å². The molecule has 150 valence electrons. The average molecular weight is 412 g/mol. The summed E-state index contributed by atoms with van der Waals surface area (Å²) >= 11 is 1.35. The first-order valence-corrected chi connectivity index (χ1v) is 10.5. The molecular weight excluding hydrogens is 389 g/mol. The van der Waals surface area contributed by atoms with Crippen molar-refractivity contribution in [3.8, 4) is 0 Å². The minimum atomic E-state index is -0.501.